The zero-order valence-corrected chi connectivity index (χ0v) is 11.0. The lowest BCUT2D eigenvalue weighted by molar-refractivity contribution is 0.369. The van der Waals surface area contributed by atoms with E-state index in [0.717, 1.165) is 13.0 Å². The highest BCUT2D eigenvalue weighted by Crippen LogP contribution is 2.15. The summed E-state index contributed by atoms with van der Waals surface area (Å²) in [6.07, 6.45) is 2.29. The molecule has 0 amide bonds. The lowest BCUT2D eigenvalue weighted by atomic mass is 9.95. The molecular weight excluding hydrogens is 204 g/mol. The Morgan fingerprint density at radius 2 is 2.20 bits per heavy atom. The van der Waals surface area contributed by atoms with Crippen molar-refractivity contribution in [3.05, 3.63) is 16.1 Å². The van der Waals surface area contributed by atoms with Gasteiger partial charge in [0.15, 0.2) is 0 Å². The van der Waals surface area contributed by atoms with Crippen LogP contribution in [0.25, 0.3) is 0 Å². The molecule has 15 heavy (non-hydrogen) atoms. The fraction of sp³-hybridized carbons (Fsp3) is 0.750. The first kappa shape index (κ1) is 12.7. The Labute approximate surface area is 97.1 Å². The van der Waals surface area contributed by atoms with Crippen molar-refractivity contribution in [3.8, 4) is 0 Å². The second-order valence-electron chi connectivity index (χ2n) is 4.11. The number of nitrogens with zero attached hydrogens (tertiary/aromatic N) is 1. The average molecular weight is 226 g/mol. The van der Waals surface area contributed by atoms with Crippen LogP contribution in [-0.2, 0) is 6.42 Å². The molecule has 3 heteroatoms. The second kappa shape index (κ2) is 6.23. The number of thiazole rings is 1. The van der Waals surface area contributed by atoms with Crippen LogP contribution in [0.4, 0.5) is 0 Å². The Hall–Kier alpha value is -0.410. The summed E-state index contributed by atoms with van der Waals surface area (Å²) in [7, 11) is 0. The van der Waals surface area contributed by atoms with Crippen LogP contribution in [-0.4, -0.2) is 17.6 Å². The monoisotopic (exact) mass is 226 g/mol. The molecule has 0 spiro atoms. The molecule has 1 aromatic heterocycles. The summed E-state index contributed by atoms with van der Waals surface area (Å²) in [6.45, 7) is 9.84. The molecule has 2 atom stereocenters. The summed E-state index contributed by atoms with van der Waals surface area (Å²) >= 11 is 1.74. The van der Waals surface area contributed by atoms with Crippen LogP contribution in [0.5, 0.6) is 0 Å². The summed E-state index contributed by atoms with van der Waals surface area (Å²) in [5, 5.41) is 6.91. The number of likely N-dealkylation sites (N-methyl/N-ethyl adjacent to an activating group) is 1. The van der Waals surface area contributed by atoms with Gasteiger partial charge in [-0.25, -0.2) is 4.98 Å². The molecule has 0 saturated heterocycles. The zero-order valence-electron chi connectivity index (χ0n) is 10.2. The van der Waals surface area contributed by atoms with Crippen molar-refractivity contribution in [1.29, 1.82) is 0 Å². The minimum absolute atomic E-state index is 0.571. The smallest absolute Gasteiger partial charge is 0.0897 e. The topological polar surface area (TPSA) is 24.9 Å². The molecule has 0 saturated carbocycles. The Kier molecular flexibility index (Phi) is 5.26. The molecule has 2 nitrogen and oxygen atoms in total. The molecular formula is C12H22N2S. The first-order valence-electron chi connectivity index (χ1n) is 5.81. The Balaban J connectivity index is 2.57. The van der Waals surface area contributed by atoms with Crippen molar-refractivity contribution in [1.82, 2.24) is 10.3 Å². The molecule has 1 rings (SSSR count). The Bertz CT molecular complexity index is 283. The number of hydrogen-bond acceptors (Lipinski definition) is 3. The van der Waals surface area contributed by atoms with Gasteiger partial charge in [0, 0.05) is 17.8 Å². The molecule has 0 aliphatic carbocycles. The third kappa shape index (κ3) is 3.92. The van der Waals surface area contributed by atoms with Gasteiger partial charge in [-0.3, -0.25) is 0 Å². The van der Waals surface area contributed by atoms with Crippen LogP contribution in [0.3, 0.4) is 0 Å². The quantitative estimate of drug-likeness (QED) is 0.806. The van der Waals surface area contributed by atoms with E-state index in [1.54, 1.807) is 11.3 Å². The minimum atomic E-state index is 0.571. The number of rotatable bonds is 6. The summed E-state index contributed by atoms with van der Waals surface area (Å²) in [5.74, 6) is 0.715. The van der Waals surface area contributed by atoms with Crippen LogP contribution in [0.2, 0.25) is 0 Å². The summed E-state index contributed by atoms with van der Waals surface area (Å²) in [6, 6.07) is 0.571. The molecule has 0 aromatic carbocycles. The van der Waals surface area contributed by atoms with E-state index in [2.05, 4.69) is 43.4 Å². The minimum Gasteiger partial charge on any atom is -0.314 e. The van der Waals surface area contributed by atoms with E-state index >= 15 is 0 Å². The van der Waals surface area contributed by atoms with Gasteiger partial charge in [0.25, 0.3) is 0 Å². The van der Waals surface area contributed by atoms with Crippen molar-refractivity contribution in [2.24, 2.45) is 5.92 Å². The summed E-state index contributed by atoms with van der Waals surface area (Å²) in [5.41, 5.74) is 1.24. The molecule has 0 radical (unpaired) electrons. The lowest BCUT2D eigenvalue weighted by Crippen LogP contribution is -2.36. The number of hydrogen-bond donors (Lipinski definition) is 1. The second-order valence-corrected chi connectivity index (χ2v) is 5.17. The van der Waals surface area contributed by atoms with Gasteiger partial charge in [0.1, 0.15) is 0 Å². The van der Waals surface area contributed by atoms with Crippen molar-refractivity contribution >= 4 is 11.3 Å². The zero-order chi connectivity index (χ0) is 11.3. The summed E-state index contributed by atoms with van der Waals surface area (Å²) < 4.78 is 0. The van der Waals surface area contributed by atoms with Crippen LogP contribution < -0.4 is 5.32 Å². The average Bonchev–Trinajstić information content (AvgIpc) is 2.62. The van der Waals surface area contributed by atoms with Crippen molar-refractivity contribution in [3.63, 3.8) is 0 Å². The van der Waals surface area contributed by atoms with Gasteiger partial charge in [0.05, 0.1) is 10.7 Å². The summed E-state index contributed by atoms with van der Waals surface area (Å²) in [4.78, 5) is 4.53. The maximum absolute atomic E-state index is 4.53. The Morgan fingerprint density at radius 1 is 1.47 bits per heavy atom. The predicted octanol–water partition coefficient (Wildman–Crippen LogP) is 3.02. The van der Waals surface area contributed by atoms with E-state index in [4.69, 9.17) is 0 Å². The van der Waals surface area contributed by atoms with Crippen molar-refractivity contribution < 1.29 is 0 Å². The fourth-order valence-corrected chi connectivity index (χ4v) is 2.37. The highest BCUT2D eigenvalue weighted by Gasteiger charge is 2.16. The van der Waals surface area contributed by atoms with E-state index in [1.807, 2.05) is 0 Å². The molecule has 1 aromatic rings. The van der Waals surface area contributed by atoms with Gasteiger partial charge in [-0.1, -0.05) is 27.2 Å². The number of aryl methyl sites for hydroxylation is 1. The maximum Gasteiger partial charge on any atom is 0.0897 e. The van der Waals surface area contributed by atoms with Crippen LogP contribution >= 0.6 is 11.3 Å². The number of aromatic nitrogens is 1. The fourth-order valence-electron chi connectivity index (χ4n) is 1.75. The molecule has 0 bridgehead atoms. The van der Waals surface area contributed by atoms with Gasteiger partial charge < -0.3 is 5.32 Å². The van der Waals surface area contributed by atoms with Crippen LogP contribution in [0.15, 0.2) is 5.38 Å². The largest absolute Gasteiger partial charge is 0.314 e. The van der Waals surface area contributed by atoms with Crippen molar-refractivity contribution in [2.75, 3.05) is 6.54 Å². The predicted molar refractivity (Wildman–Crippen MR) is 67.5 cm³/mol. The van der Waals surface area contributed by atoms with Gasteiger partial charge in [-0.2, -0.15) is 0 Å². The van der Waals surface area contributed by atoms with Crippen LogP contribution in [0, 0.1) is 12.8 Å². The maximum atomic E-state index is 4.53. The number of nitrogens with one attached hydrogen (secondary N) is 1. The Morgan fingerprint density at radius 3 is 2.67 bits per heavy atom. The molecule has 2 unspecified atom stereocenters. The first-order chi connectivity index (χ1) is 7.17. The molecule has 1 heterocycles. The highest BCUT2D eigenvalue weighted by molar-refractivity contribution is 7.09. The molecule has 0 fully saturated rings. The van der Waals surface area contributed by atoms with E-state index in [9.17, 15) is 0 Å². The van der Waals surface area contributed by atoms with Crippen molar-refractivity contribution in [2.45, 2.75) is 46.6 Å². The van der Waals surface area contributed by atoms with Gasteiger partial charge in [0.2, 0.25) is 0 Å². The lowest BCUT2D eigenvalue weighted by Gasteiger charge is -2.22. The third-order valence-electron chi connectivity index (χ3n) is 2.89. The highest BCUT2D eigenvalue weighted by atomic mass is 32.1. The third-order valence-corrected chi connectivity index (χ3v) is 3.72. The van der Waals surface area contributed by atoms with E-state index in [1.165, 1.54) is 17.1 Å². The molecule has 1 N–H and O–H groups in total. The standard InChI is InChI=1S/C12H22N2S/c1-5-9(3)12(13-6-2)7-11-8-15-10(4)14-11/h8-9,12-13H,5-7H2,1-4H3. The van der Waals surface area contributed by atoms with E-state index in [0.29, 0.717) is 12.0 Å². The van der Waals surface area contributed by atoms with E-state index < -0.39 is 0 Å². The normalized spacial score (nSPS) is 15.2. The van der Waals surface area contributed by atoms with E-state index in [-0.39, 0.29) is 0 Å². The SMILES string of the molecule is CCNC(Cc1csc(C)n1)C(C)CC. The molecule has 86 valence electrons. The molecule has 0 aliphatic heterocycles. The van der Waals surface area contributed by atoms with Gasteiger partial charge in [-0.05, 0) is 19.4 Å². The molecule has 0 aliphatic rings. The first-order valence-corrected chi connectivity index (χ1v) is 6.69. The van der Waals surface area contributed by atoms with Crippen LogP contribution in [0.1, 0.15) is 37.9 Å². The van der Waals surface area contributed by atoms with Gasteiger partial charge in [-0.15, -0.1) is 11.3 Å². The van der Waals surface area contributed by atoms with Gasteiger partial charge >= 0.3 is 0 Å².